The van der Waals surface area contributed by atoms with Crippen LogP contribution in [0, 0.1) is 25.2 Å². The Labute approximate surface area is 252 Å². The predicted octanol–water partition coefficient (Wildman–Crippen LogP) is 7.49. The standard InChI is InChI=1S/C35H26F3N3O3/c1-21-24(10-11-25-16-33(44-3)27(20-43)15-31(25)35(36,37)38)6-4-7-28(21)29-8-5-9-30(22(29)2)32-12-13-41-18-23(19-42)14-26(17-39)34(41)40-32/h4-11,13-16,18,20,42H,19H2,1-3H3/b11-10+. The summed E-state index contributed by atoms with van der Waals surface area (Å²) in [5, 5.41) is 19.2. The van der Waals surface area contributed by atoms with Crippen LogP contribution in [0.5, 0.6) is 5.75 Å². The summed E-state index contributed by atoms with van der Waals surface area (Å²) in [4.78, 5) is 17.7. The van der Waals surface area contributed by atoms with Crippen LogP contribution < -0.4 is 4.74 Å². The van der Waals surface area contributed by atoms with Crippen LogP contribution in [0.3, 0.4) is 0 Å². The van der Waals surface area contributed by atoms with Crippen molar-refractivity contribution < 1.29 is 27.8 Å². The summed E-state index contributed by atoms with van der Waals surface area (Å²) in [5.74, 6) is 0.487. The van der Waals surface area contributed by atoms with Crippen molar-refractivity contribution in [1.29, 1.82) is 5.26 Å². The normalized spacial score (nSPS) is 14.4. The molecule has 2 aliphatic rings. The summed E-state index contributed by atoms with van der Waals surface area (Å²) in [5.41, 5.74) is 8.45. The predicted molar refractivity (Wildman–Crippen MR) is 163 cm³/mol. The van der Waals surface area contributed by atoms with Gasteiger partial charge in [-0.2, -0.15) is 18.4 Å². The lowest BCUT2D eigenvalue weighted by Crippen LogP contribution is -2.27. The third kappa shape index (κ3) is 5.64. The van der Waals surface area contributed by atoms with Gasteiger partial charge in [-0.05, 0) is 71.0 Å². The Balaban J connectivity index is 1.55. The van der Waals surface area contributed by atoms with Crippen LogP contribution in [-0.4, -0.2) is 35.8 Å². The number of methoxy groups -OCH3 is 1. The van der Waals surface area contributed by atoms with E-state index in [2.05, 4.69) is 11.8 Å². The molecule has 220 valence electrons. The Morgan fingerprint density at radius 2 is 1.70 bits per heavy atom. The molecule has 44 heavy (non-hydrogen) atoms. The smallest absolute Gasteiger partial charge is 0.417 e. The molecule has 0 spiro atoms. The molecular weight excluding hydrogens is 567 g/mol. The van der Waals surface area contributed by atoms with Gasteiger partial charge in [0.15, 0.2) is 12.1 Å². The van der Waals surface area contributed by atoms with Gasteiger partial charge in [0.2, 0.25) is 0 Å². The fourth-order valence-electron chi connectivity index (χ4n) is 5.21. The second-order valence-corrected chi connectivity index (χ2v) is 10.1. The number of carbonyl (C=O) groups excluding carboxylic acids is 1. The van der Waals surface area contributed by atoms with Gasteiger partial charge in [-0.15, -0.1) is 0 Å². The number of alkyl halides is 3. The number of aldehydes is 1. The molecule has 3 aromatic rings. The van der Waals surface area contributed by atoms with Gasteiger partial charge in [0, 0.05) is 11.8 Å². The minimum absolute atomic E-state index is 0.0544. The highest BCUT2D eigenvalue weighted by Gasteiger charge is 2.34. The summed E-state index contributed by atoms with van der Waals surface area (Å²) in [6.07, 6.45) is 3.62. The Morgan fingerprint density at radius 1 is 1.02 bits per heavy atom. The van der Waals surface area contributed by atoms with Crippen molar-refractivity contribution in [3.63, 3.8) is 0 Å². The molecule has 0 atom stereocenters. The van der Waals surface area contributed by atoms with Gasteiger partial charge in [0.25, 0.3) is 0 Å². The first kappa shape index (κ1) is 30.1. The van der Waals surface area contributed by atoms with Crippen LogP contribution in [0.15, 0.2) is 88.9 Å². The minimum atomic E-state index is -4.67. The number of fused-ring (bicyclic) bond motifs is 1. The topological polar surface area (TPSA) is 85.9 Å². The number of hydrogen-bond donors (Lipinski definition) is 1. The summed E-state index contributed by atoms with van der Waals surface area (Å²) < 4.78 is 46.7. The third-order valence-corrected chi connectivity index (χ3v) is 7.51. The molecule has 9 heteroatoms. The van der Waals surface area contributed by atoms with E-state index in [4.69, 9.17) is 9.73 Å². The van der Waals surface area contributed by atoms with Crippen LogP contribution in [0.25, 0.3) is 29.0 Å². The number of halogens is 3. The summed E-state index contributed by atoms with van der Waals surface area (Å²) in [7, 11) is 1.30. The van der Waals surface area contributed by atoms with E-state index >= 15 is 0 Å². The van der Waals surface area contributed by atoms with E-state index in [1.54, 1.807) is 29.5 Å². The quantitative estimate of drug-likeness (QED) is 0.174. The summed E-state index contributed by atoms with van der Waals surface area (Å²) >= 11 is 0. The van der Waals surface area contributed by atoms with Gasteiger partial charge in [-0.1, -0.05) is 54.3 Å². The molecule has 2 heterocycles. The lowest BCUT2D eigenvalue weighted by atomic mass is 9.90. The second-order valence-electron chi connectivity index (χ2n) is 10.1. The van der Waals surface area contributed by atoms with Crippen molar-refractivity contribution in [2.24, 2.45) is 4.99 Å². The number of rotatable bonds is 7. The van der Waals surface area contributed by atoms with E-state index in [9.17, 15) is 28.3 Å². The first-order valence-electron chi connectivity index (χ1n) is 13.5. The summed E-state index contributed by atoms with van der Waals surface area (Å²) in [6.45, 7) is 3.64. The Bertz CT molecular complexity index is 1920. The number of benzene rings is 3. The highest BCUT2D eigenvalue weighted by atomic mass is 19.4. The van der Waals surface area contributed by atoms with E-state index in [1.807, 2.05) is 50.2 Å². The zero-order valence-electron chi connectivity index (χ0n) is 24.0. The van der Waals surface area contributed by atoms with Gasteiger partial charge < -0.3 is 9.84 Å². The fourth-order valence-corrected chi connectivity index (χ4v) is 5.21. The molecular formula is C35H26F3N3O3. The molecule has 0 aromatic heterocycles. The second kappa shape index (κ2) is 12.1. The van der Waals surface area contributed by atoms with Gasteiger partial charge in [-0.25, -0.2) is 4.99 Å². The third-order valence-electron chi connectivity index (χ3n) is 7.51. The number of hydrogen-bond acceptors (Lipinski definition) is 6. The van der Waals surface area contributed by atoms with Crippen molar-refractivity contribution in [3.8, 4) is 22.9 Å². The maximum absolute atomic E-state index is 13.9. The highest BCUT2D eigenvalue weighted by molar-refractivity contribution is 6.07. The zero-order chi connectivity index (χ0) is 31.6. The molecule has 0 saturated carbocycles. The molecule has 0 bridgehead atoms. The van der Waals surface area contributed by atoms with E-state index < -0.39 is 11.7 Å². The molecule has 0 radical (unpaired) electrons. The molecule has 0 aliphatic carbocycles. The fraction of sp³-hybridized carbons (Fsp3) is 0.143. The van der Waals surface area contributed by atoms with Gasteiger partial charge in [0.1, 0.15) is 17.5 Å². The number of nitriles is 1. The van der Waals surface area contributed by atoms with E-state index in [0.29, 0.717) is 34.5 Å². The highest BCUT2D eigenvalue weighted by Crippen LogP contribution is 2.38. The van der Waals surface area contributed by atoms with E-state index in [1.165, 1.54) is 19.3 Å². The minimum Gasteiger partial charge on any atom is -0.496 e. The van der Waals surface area contributed by atoms with E-state index in [0.717, 1.165) is 33.9 Å². The molecule has 0 saturated heterocycles. The van der Waals surface area contributed by atoms with Gasteiger partial charge in [-0.3, -0.25) is 9.69 Å². The van der Waals surface area contributed by atoms with Crippen molar-refractivity contribution >= 4 is 30.0 Å². The average molecular weight is 594 g/mol. The van der Waals surface area contributed by atoms with Crippen LogP contribution in [0.2, 0.25) is 0 Å². The molecule has 1 N–H and O–H groups in total. The molecule has 0 unspecified atom stereocenters. The maximum Gasteiger partial charge on any atom is 0.417 e. The molecule has 5 rings (SSSR count). The Hall–Kier alpha value is -5.42. The van der Waals surface area contributed by atoms with Crippen LogP contribution in [0.4, 0.5) is 13.2 Å². The van der Waals surface area contributed by atoms with Crippen LogP contribution in [0.1, 0.15) is 43.7 Å². The summed E-state index contributed by atoms with van der Waals surface area (Å²) in [6, 6.07) is 15.5. The molecule has 0 amide bonds. The maximum atomic E-state index is 13.9. The molecule has 0 fully saturated rings. The molecule has 3 aromatic carbocycles. The Morgan fingerprint density at radius 3 is 2.36 bits per heavy atom. The number of amidine groups is 1. The van der Waals surface area contributed by atoms with Gasteiger partial charge in [0.05, 0.1) is 36.6 Å². The number of carbonyl (C=O) groups is 1. The largest absolute Gasteiger partial charge is 0.496 e. The molecule has 2 aliphatic heterocycles. The van der Waals surface area contributed by atoms with Crippen molar-refractivity contribution in [2.45, 2.75) is 20.0 Å². The van der Waals surface area contributed by atoms with Gasteiger partial charge >= 0.3 is 6.18 Å². The Kier molecular flexibility index (Phi) is 8.23. The number of aliphatic hydroxyl groups excluding tert-OH is 1. The number of aliphatic hydroxyl groups is 1. The first-order chi connectivity index (χ1) is 21.1. The average Bonchev–Trinajstić information content (AvgIpc) is 3.02. The lowest BCUT2D eigenvalue weighted by Gasteiger charge is -2.25. The zero-order valence-corrected chi connectivity index (χ0v) is 24.0. The van der Waals surface area contributed by atoms with Crippen molar-refractivity contribution in [1.82, 2.24) is 4.90 Å². The van der Waals surface area contributed by atoms with E-state index in [-0.39, 0.29) is 23.5 Å². The number of aliphatic imine (C=N–C) groups is 1. The van der Waals surface area contributed by atoms with Crippen LogP contribution in [-0.2, 0) is 6.18 Å². The lowest BCUT2D eigenvalue weighted by molar-refractivity contribution is -0.137. The SMILES string of the molecule is COc1cc(/C=C/c2cccc(-c3cccc(C4=C=CN5C=C(CO)C=C(C#N)C5=N4)c3C)c2C)c(C(F)(F)F)cc1C=O. The van der Waals surface area contributed by atoms with Crippen molar-refractivity contribution in [2.75, 3.05) is 13.7 Å². The monoisotopic (exact) mass is 593 g/mol. The van der Waals surface area contributed by atoms with Crippen LogP contribution >= 0.6 is 0 Å². The number of nitrogens with zero attached hydrogens (tertiary/aromatic N) is 3. The number of ether oxygens (including phenoxy) is 1. The van der Waals surface area contributed by atoms with Crippen molar-refractivity contribution in [3.05, 3.63) is 123 Å². The molecule has 6 nitrogen and oxygen atoms in total. The first-order valence-corrected chi connectivity index (χ1v) is 13.5.